The predicted molar refractivity (Wildman–Crippen MR) is 61.7 cm³/mol. The Hall–Kier alpha value is -0.970. The summed E-state index contributed by atoms with van der Waals surface area (Å²) in [5, 5.41) is 0. The summed E-state index contributed by atoms with van der Waals surface area (Å²) in [4.78, 5) is 0.703. The molecular formula is C11H8ClF2NS. The molecule has 0 bridgehead atoms. The lowest BCUT2D eigenvalue weighted by atomic mass is 10.1. The van der Waals surface area contributed by atoms with Crippen molar-refractivity contribution in [2.45, 2.75) is 6.04 Å². The lowest BCUT2D eigenvalue weighted by Gasteiger charge is -2.10. The molecule has 1 atom stereocenters. The lowest BCUT2D eigenvalue weighted by Crippen LogP contribution is -2.12. The minimum absolute atomic E-state index is 0.138. The van der Waals surface area contributed by atoms with Gasteiger partial charge in [0.1, 0.15) is 11.6 Å². The van der Waals surface area contributed by atoms with E-state index in [0.29, 0.717) is 9.21 Å². The van der Waals surface area contributed by atoms with Gasteiger partial charge in [-0.3, -0.25) is 0 Å². The zero-order valence-electron chi connectivity index (χ0n) is 8.08. The minimum atomic E-state index is -0.687. The smallest absolute Gasteiger partial charge is 0.128 e. The third-order valence-corrected chi connectivity index (χ3v) is 3.51. The normalized spacial score (nSPS) is 12.8. The van der Waals surface area contributed by atoms with Gasteiger partial charge in [-0.2, -0.15) is 0 Å². The lowest BCUT2D eigenvalue weighted by molar-refractivity contribution is 0.578. The van der Waals surface area contributed by atoms with Crippen LogP contribution >= 0.6 is 22.9 Å². The summed E-state index contributed by atoms with van der Waals surface area (Å²) in [7, 11) is 0. The zero-order chi connectivity index (χ0) is 11.7. The van der Waals surface area contributed by atoms with Gasteiger partial charge >= 0.3 is 0 Å². The van der Waals surface area contributed by atoms with Crippen LogP contribution in [-0.2, 0) is 0 Å². The van der Waals surface area contributed by atoms with Crippen LogP contribution < -0.4 is 5.73 Å². The first-order valence-electron chi connectivity index (χ1n) is 4.53. The molecule has 0 aliphatic carbocycles. The van der Waals surface area contributed by atoms with Crippen LogP contribution in [-0.4, -0.2) is 0 Å². The van der Waals surface area contributed by atoms with Crippen molar-refractivity contribution in [3.8, 4) is 0 Å². The van der Waals surface area contributed by atoms with E-state index in [1.165, 1.54) is 11.3 Å². The maximum absolute atomic E-state index is 13.4. The molecule has 2 aromatic rings. The van der Waals surface area contributed by atoms with Crippen molar-refractivity contribution in [1.29, 1.82) is 0 Å². The molecule has 1 nitrogen and oxygen atoms in total. The zero-order valence-corrected chi connectivity index (χ0v) is 9.66. The molecule has 1 aromatic heterocycles. The summed E-state index contributed by atoms with van der Waals surface area (Å²) in [6, 6.07) is 5.94. The second-order valence-electron chi connectivity index (χ2n) is 3.29. The molecule has 0 amide bonds. The van der Waals surface area contributed by atoms with Gasteiger partial charge in [-0.15, -0.1) is 11.3 Å². The number of benzene rings is 1. The van der Waals surface area contributed by atoms with E-state index >= 15 is 0 Å². The van der Waals surface area contributed by atoms with Crippen LogP contribution in [0.1, 0.15) is 16.5 Å². The summed E-state index contributed by atoms with van der Waals surface area (Å²) in [5.41, 5.74) is 5.98. The summed E-state index contributed by atoms with van der Waals surface area (Å²) >= 11 is 7.01. The Morgan fingerprint density at radius 2 is 1.94 bits per heavy atom. The van der Waals surface area contributed by atoms with Crippen LogP contribution in [0.5, 0.6) is 0 Å². The molecule has 0 aliphatic rings. The molecule has 0 radical (unpaired) electrons. The molecule has 1 heterocycles. The van der Waals surface area contributed by atoms with E-state index in [1.807, 2.05) is 0 Å². The highest BCUT2D eigenvalue weighted by Crippen LogP contribution is 2.30. The third-order valence-electron chi connectivity index (χ3n) is 2.19. The van der Waals surface area contributed by atoms with Crippen LogP contribution in [0, 0.1) is 11.6 Å². The molecule has 2 rings (SSSR count). The third kappa shape index (κ3) is 2.24. The first-order chi connectivity index (χ1) is 7.58. The summed E-state index contributed by atoms with van der Waals surface area (Å²) in [6.45, 7) is 0. The number of halogens is 3. The van der Waals surface area contributed by atoms with Crippen molar-refractivity contribution in [2.24, 2.45) is 5.73 Å². The highest BCUT2D eigenvalue weighted by molar-refractivity contribution is 7.16. The van der Waals surface area contributed by atoms with Gasteiger partial charge in [-0.25, -0.2) is 8.78 Å². The van der Waals surface area contributed by atoms with Gasteiger partial charge in [-0.1, -0.05) is 11.6 Å². The van der Waals surface area contributed by atoms with Crippen molar-refractivity contribution in [3.05, 3.63) is 56.7 Å². The van der Waals surface area contributed by atoms with E-state index in [1.54, 1.807) is 12.1 Å². The second-order valence-corrected chi connectivity index (χ2v) is 5.03. The van der Waals surface area contributed by atoms with Crippen molar-refractivity contribution >= 4 is 22.9 Å². The fraction of sp³-hybridized carbons (Fsp3) is 0.0909. The number of thiophene rings is 1. The molecule has 0 saturated carbocycles. The van der Waals surface area contributed by atoms with Crippen LogP contribution in [0.2, 0.25) is 4.34 Å². The van der Waals surface area contributed by atoms with Gasteiger partial charge in [0.2, 0.25) is 0 Å². The summed E-state index contributed by atoms with van der Waals surface area (Å²) in [6.07, 6.45) is 0. The quantitative estimate of drug-likeness (QED) is 0.874. The standard InChI is InChI=1S/C11H8ClF2NS/c12-10-4-3-9(16-10)11(15)7-5-6(13)1-2-8(7)14/h1-5,11H,15H2. The van der Waals surface area contributed by atoms with Crippen LogP contribution in [0.3, 0.4) is 0 Å². The van der Waals surface area contributed by atoms with Gasteiger partial charge in [0, 0.05) is 10.4 Å². The molecule has 5 heteroatoms. The van der Waals surface area contributed by atoms with Crippen molar-refractivity contribution in [2.75, 3.05) is 0 Å². The first kappa shape index (κ1) is 11.5. The molecular weight excluding hydrogens is 252 g/mol. The number of hydrogen-bond acceptors (Lipinski definition) is 2. The van der Waals surface area contributed by atoms with Crippen LogP contribution in [0.15, 0.2) is 30.3 Å². The Balaban J connectivity index is 2.40. The van der Waals surface area contributed by atoms with E-state index in [4.69, 9.17) is 17.3 Å². The van der Waals surface area contributed by atoms with Gasteiger partial charge in [0.15, 0.2) is 0 Å². The Labute approximate surface area is 100 Å². The summed E-state index contributed by atoms with van der Waals surface area (Å²) < 4.78 is 27.0. The Morgan fingerprint density at radius 1 is 1.19 bits per heavy atom. The monoisotopic (exact) mass is 259 g/mol. The van der Waals surface area contributed by atoms with Gasteiger partial charge in [-0.05, 0) is 30.3 Å². The molecule has 84 valence electrons. The molecule has 16 heavy (non-hydrogen) atoms. The van der Waals surface area contributed by atoms with Crippen LogP contribution in [0.25, 0.3) is 0 Å². The van der Waals surface area contributed by atoms with Gasteiger partial charge in [0.05, 0.1) is 10.4 Å². The van der Waals surface area contributed by atoms with E-state index in [0.717, 1.165) is 18.2 Å². The van der Waals surface area contributed by atoms with E-state index in [-0.39, 0.29) is 5.56 Å². The van der Waals surface area contributed by atoms with Crippen molar-refractivity contribution in [1.82, 2.24) is 0 Å². The first-order valence-corrected chi connectivity index (χ1v) is 5.73. The Morgan fingerprint density at radius 3 is 2.56 bits per heavy atom. The molecule has 0 spiro atoms. The topological polar surface area (TPSA) is 26.0 Å². The average Bonchev–Trinajstić information content (AvgIpc) is 2.67. The average molecular weight is 260 g/mol. The highest BCUT2D eigenvalue weighted by Gasteiger charge is 2.16. The van der Waals surface area contributed by atoms with Crippen molar-refractivity contribution < 1.29 is 8.78 Å². The van der Waals surface area contributed by atoms with Gasteiger partial charge in [0.25, 0.3) is 0 Å². The second kappa shape index (κ2) is 4.49. The number of rotatable bonds is 2. The van der Waals surface area contributed by atoms with Gasteiger partial charge < -0.3 is 5.73 Å². The minimum Gasteiger partial charge on any atom is -0.320 e. The molecule has 2 N–H and O–H groups in total. The maximum Gasteiger partial charge on any atom is 0.128 e. The molecule has 0 fully saturated rings. The number of nitrogens with two attached hydrogens (primary N) is 1. The van der Waals surface area contributed by atoms with E-state index in [9.17, 15) is 8.78 Å². The summed E-state index contributed by atoms with van der Waals surface area (Å²) in [5.74, 6) is -1.02. The molecule has 1 unspecified atom stereocenters. The van der Waals surface area contributed by atoms with Crippen LogP contribution in [0.4, 0.5) is 8.78 Å². The molecule has 0 saturated heterocycles. The SMILES string of the molecule is NC(c1ccc(Cl)s1)c1cc(F)ccc1F. The fourth-order valence-corrected chi connectivity index (χ4v) is 2.48. The number of hydrogen-bond donors (Lipinski definition) is 1. The fourth-order valence-electron chi connectivity index (χ4n) is 1.40. The predicted octanol–water partition coefficient (Wildman–Crippen LogP) is 3.73. The van der Waals surface area contributed by atoms with Crippen molar-refractivity contribution in [3.63, 3.8) is 0 Å². The van der Waals surface area contributed by atoms with E-state index < -0.39 is 17.7 Å². The highest BCUT2D eigenvalue weighted by atomic mass is 35.5. The Kier molecular flexibility index (Phi) is 3.23. The molecule has 0 aliphatic heterocycles. The maximum atomic E-state index is 13.4. The largest absolute Gasteiger partial charge is 0.320 e. The Bertz CT molecular complexity index is 512. The van der Waals surface area contributed by atoms with E-state index in [2.05, 4.69) is 0 Å². The molecule has 1 aromatic carbocycles.